The third-order valence-electron chi connectivity index (χ3n) is 5.47. The standard InChI is InChI=1S/C24H18F4N6O2S2/c25-17-5-1-15(2-6-17)20-21(34-13-14-37-23(34)33-20)19-9-10-29-22(32-19)30-11-12-31-38(35,36)18-7-3-16(4-8-18)24(26,27)28/h1-10,13-14,31H,11-12H2,(H,29,30,32). The topological polar surface area (TPSA) is 101 Å². The van der Waals surface area contributed by atoms with Gasteiger partial charge in [0, 0.05) is 36.4 Å². The van der Waals surface area contributed by atoms with Gasteiger partial charge in [-0.15, -0.1) is 11.3 Å². The molecule has 2 aromatic carbocycles. The largest absolute Gasteiger partial charge is 0.416 e. The lowest BCUT2D eigenvalue weighted by Gasteiger charge is -2.10. The van der Waals surface area contributed by atoms with Crippen LogP contribution in [-0.4, -0.2) is 40.9 Å². The molecule has 0 unspecified atom stereocenters. The Kier molecular flexibility index (Phi) is 6.86. The number of benzene rings is 2. The first-order valence-electron chi connectivity index (χ1n) is 11.1. The molecule has 14 heteroatoms. The van der Waals surface area contributed by atoms with Crippen molar-refractivity contribution in [2.24, 2.45) is 0 Å². The van der Waals surface area contributed by atoms with Crippen molar-refractivity contribution in [1.29, 1.82) is 0 Å². The molecular weight excluding hydrogens is 544 g/mol. The lowest BCUT2D eigenvalue weighted by molar-refractivity contribution is -0.137. The zero-order chi connectivity index (χ0) is 26.9. The summed E-state index contributed by atoms with van der Waals surface area (Å²) in [4.78, 5) is 13.8. The number of fused-ring (bicyclic) bond motifs is 1. The Morgan fingerprint density at radius 2 is 1.68 bits per heavy atom. The van der Waals surface area contributed by atoms with Crippen molar-refractivity contribution in [3.63, 3.8) is 0 Å². The van der Waals surface area contributed by atoms with Gasteiger partial charge in [-0.25, -0.2) is 32.5 Å². The summed E-state index contributed by atoms with van der Waals surface area (Å²) < 4.78 is 80.7. The summed E-state index contributed by atoms with van der Waals surface area (Å²) in [5, 5.41) is 4.81. The number of alkyl halides is 3. The quantitative estimate of drug-likeness (QED) is 0.202. The van der Waals surface area contributed by atoms with E-state index >= 15 is 0 Å². The third-order valence-corrected chi connectivity index (χ3v) is 7.70. The molecule has 0 bridgehead atoms. The van der Waals surface area contributed by atoms with Crippen molar-refractivity contribution in [2.75, 3.05) is 18.4 Å². The highest BCUT2D eigenvalue weighted by molar-refractivity contribution is 7.89. The zero-order valence-corrected chi connectivity index (χ0v) is 20.9. The maximum atomic E-state index is 13.5. The van der Waals surface area contributed by atoms with Crippen LogP contribution in [0, 0.1) is 5.82 Å². The summed E-state index contributed by atoms with van der Waals surface area (Å²) in [6.45, 7) is 0.0354. The molecule has 0 radical (unpaired) electrons. The van der Waals surface area contributed by atoms with E-state index in [-0.39, 0.29) is 29.8 Å². The van der Waals surface area contributed by atoms with Crippen LogP contribution >= 0.6 is 11.3 Å². The molecule has 0 aliphatic carbocycles. The molecule has 2 N–H and O–H groups in total. The Bertz CT molecular complexity index is 1680. The van der Waals surface area contributed by atoms with Crippen molar-refractivity contribution in [1.82, 2.24) is 24.1 Å². The van der Waals surface area contributed by atoms with Crippen LogP contribution in [0.15, 0.2) is 77.3 Å². The molecule has 0 amide bonds. The minimum atomic E-state index is -4.56. The number of hydrogen-bond acceptors (Lipinski definition) is 7. The second-order valence-corrected chi connectivity index (χ2v) is 10.6. The highest BCUT2D eigenvalue weighted by Gasteiger charge is 2.30. The van der Waals surface area contributed by atoms with E-state index in [0.29, 0.717) is 34.8 Å². The van der Waals surface area contributed by atoms with Crippen molar-refractivity contribution < 1.29 is 26.0 Å². The predicted octanol–water partition coefficient (Wildman–Crippen LogP) is 5.07. The second-order valence-electron chi connectivity index (χ2n) is 7.98. The number of sulfonamides is 1. The van der Waals surface area contributed by atoms with E-state index in [4.69, 9.17) is 0 Å². The number of imidazole rings is 1. The van der Waals surface area contributed by atoms with Gasteiger partial charge < -0.3 is 5.32 Å². The fourth-order valence-corrected chi connectivity index (χ4v) is 5.43. The summed E-state index contributed by atoms with van der Waals surface area (Å²) in [6.07, 6.45) is -1.17. The third kappa shape index (κ3) is 5.37. The summed E-state index contributed by atoms with van der Waals surface area (Å²) in [5.41, 5.74) is 1.61. The highest BCUT2D eigenvalue weighted by Crippen LogP contribution is 2.34. The number of thiazole rings is 1. The fourth-order valence-electron chi connectivity index (χ4n) is 3.68. The summed E-state index contributed by atoms with van der Waals surface area (Å²) in [6, 6.07) is 10.9. The van der Waals surface area contributed by atoms with Gasteiger partial charge in [-0.1, -0.05) is 0 Å². The lowest BCUT2D eigenvalue weighted by Crippen LogP contribution is -2.29. The first-order chi connectivity index (χ1) is 18.1. The number of aromatic nitrogens is 4. The van der Waals surface area contributed by atoms with Gasteiger partial charge in [0.2, 0.25) is 16.0 Å². The number of nitrogens with one attached hydrogen (secondary N) is 2. The van der Waals surface area contributed by atoms with Gasteiger partial charge in [0.1, 0.15) is 11.5 Å². The van der Waals surface area contributed by atoms with E-state index < -0.39 is 21.8 Å². The number of anilines is 1. The molecule has 196 valence electrons. The molecule has 0 atom stereocenters. The first kappa shape index (κ1) is 25.8. The highest BCUT2D eigenvalue weighted by atomic mass is 32.2. The van der Waals surface area contributed by atoms with Gasteiger partial charge in [-0.2, -0.15) is 13.2 Å². The van der Waals surface area contributed by atoms with Gasteiger partial charge in [-0.3, -0.25) is 4.40 Å². The van der Waals surface area contributed by atoms with Crippen LogP contribution in [0.1, 0.15) is 5.56 Å². The number of halogens is 4. The number of rotatable bonds is 8. The van der Waals surface area contributed by atoms with Crippen molar-refractivity contribution in [3.8, 4) is 22.6 Å². The molecule has 5 rings (SSSR count). The van der Waals surface area contributed by atoms with Crippen LogP contribution in [0.5, 0.6) is 0 Å². The van der Waals surface area contributed by atoms with Gasteiger partial charge in [0.25, 0.3) is 0 Å². The van der Waals surface area contributed by atoms with Crippen molar-refractivity contribution >= 4 is 32.3 Å². The van der Waals surface area contributed by atoms with Crippen LogP contribution in [0.3, 0.4) is 0 Å². The van der Waals surface area contributed by atoms with Crippen molar-refractivity contribution in [3.05, 3.63) is 83.8 Å². The molecule has 0 aliphatic rings. The molecule has 38 heavy (non-hydrogen) atoms. The molecule has 0 saturated carbocycles. The zero-order valence-electron chi connectivity index (χ0n) is 19.3. The first-order valence-corrected chi connectivity index (χ1v) is 13.4. The second kappa shape index (κ2) is 10.1. The molecule has 0 aliphatic heterocycles. The minimum absolute atomic E-state index is 0.0702. The van der Waals surface area contributed by atoms with Crippen molar-refractivity contribution in [2.45, 2.75) is 11.1 Å². The molecule has 3 aromatic heterocycles. The predicted molar refractivity (Wildman–Crippen MR) is 135 cm³/mol. The summed E-state index contributed by atoms with van der Waals surface area (Å²) in [7, 11) is -4.01. The lowest BCUT2D eigenvalue weighted by atomic mass is 10.1. The average Bonchev–Trinajstić information content (AvgIpc) is 3.48. The molecule has 8 nitrogen and oxygen atoms in total. The van der Waals surface area contributed by atoms with Crippen LogP contribution in [-0.2, 0) is 16.2 Å². The Morgan fingerprint density at radius 1 is 0.947 bits per heavy atom. The number of hydrogen-bond donors (Lipinski definition) is 2. The van der Waals surface area contributed by atoms with E-state index in [1.54, 1.807) is 18.2 Å². The smallest absolute Gasteiger partial charge is 0.353 e. The van der Waals surface area contributed by atoms with Crippen LogP contribution < -0.4 is 10.0 Å². The Hall–Kier alpha value is -3.88. The van der Waals surface area contributed by atoms with Crippen LogP contribution in [0.4, 0.5) is 23.5 Å². The van der Waals surface area contributed by atoms with E-state index in [1.165, 1.54) is 29.7 Å². The molecule has 0 fully saturated rings. The van der Waals surface area contributed by atoms with Crippen LogP contribution in [0.2, 0.25) is 0 Å². The maximum Gasteiger partial charge on any atom is 0.416 e. The van der Waals surface area contributed by atoms with E-state index in [0.717, 1.165) is 17.1 Å². The molecule has 0 saturated heterocycles. The maximum absolute atomic E-state index is 13.5. The van der Waals surface area contributed by atoms with E-state index in [9.17, 15) is 26.0 Å². The monoisotopic (exact) mass is 562 g/mol. The Morgan fingerprint density at radius 3 is 2.39 bits per heavy atom. The van der Waals surface area contributed by atoms with Crippen LogP contribution in [0.25, 0.3) is 27.6 Å². The summed E-state index contributed by atoms with van der Waals surface area (Å²) in [5.74, 6) is -0.134. The minimum Gasteiger partial charge on any atom is -0.353 e. The fraction of sp³-hybridized carbons (Fsp3) is 0.125. The molecule has 3 heterocycles. The molecule has 5 aromatic rings. The normalized spacial score (nSPS) is 12.2. The average molecular weight is 563 g/mol. The SMILES string of the molecule is O=S(=O)(NCCNc1nccc(-c2c(-c3ccc(F)cc3)nc3sccn23)n1)c1ccc(C(F)(F)F)cc1. The van der Waals surface area contributed by atoms with Gasteiger partial charge in [0.15, 0.2) is 4.96 Å². The van der Waals surface area contributed by atoms with E-state index in [1.807, 2.05) is 16.0 Å². The summed E-state index contributed by atoms with van der Waals surface area (Å²) >= 11 is 1.44. The Balaban J connectivity index is 1.29. The van der Waals surface area contributed by atoms with Gasteiger partial charge in [0.05, 0.1) is 21.8 Å². The van der Waals surface area contributed by atoms with Gasteiger partial charge >= 0.3 is 6.18 Å². The van der Waals surface area contributed by atoms with Gasteiger partial charge in [-0.05, 0) is 54.6 Å². The Labute approximate surface area is 218 Å². The van der Waals surface area contributed by atoms with E-state index in [2.05, 4.69) is 25.0 Å². The molecular formula is C24H18F4N6O2S2. The number of nitrogens with zero attached hydrogens (tertiary/aromatic N) is 4. The molecule has 0 spiro atoms.